The normalized spacial score (nSPS) is 12.2. The van der Waals surface area contributed by atoms with Crippen molar-refractivity contribution in [3.8, 4) is 0 Å². The Kier molecular flexibility index (Phi) is 4.96. The number of nitrogens with one attached hydrogen (secondary N) is 1. The van der Waals surface area contributed by atoms with Crippen LogP contribution >= 0.6 is 11.6 Å². The SMILES string of the molecule is CC(C)C(C)(C)CNCc1cccc(Cl)c1F. The molecule has 0 atom stereocenters. The van der Waals surface area contributed by atoms with E-state index < -0.39 is 0 Å². The van der Waals surface area contributed by atoms with Crippen LogP contribution in [0.2, 0.25) is 5.02 Å². The Bertz CT molecular complexity index is 374. The summed E-state index contributed by atoms with van der Waals surface area (Å²) >= 11 is 5.73. The predicted octanol–water partition coefficient (Wildman–Crippen LogP) is 4.25. The van der Waals surface area contributed by atoms with Crippen molar-refractivity contribution < 1.29 is 4.39 Å². The highest BCUT2D eigenvalue weighted by Crippen LogP contribution is 2.25. The summed E-state index contributed by atoms with van der Waals surface area (Å²) in [4.78, 5) is 0. The molecule has 1 N–H and O–H groups in total. The van der Waals surface area contributed by atoms with Crippen molar-refractivity contribution in [1.29, 1.82) is 0 Å². The first-order valence-corrected chi connectivity index (χ1v) is 6.36. The fourth-order valence-electron chi connectivity index (χ4n) is 1.41. The fraction of sp³-hybridized carbons (Fsp3) is 0.571. The molecule has 0 aliphatic heterocycles. The van der Waals surface area contributed by atoms with Crippen molar-refractivity contribution in [3.63, 3.8) is 0 Å². The van der Waals surface area contributed by atoms with Crippen molar-refractivity contribution in [1.82, 2.24) is 5.32 Å². The number of benzene rings is 1. The van der Waals surface area contributed by atoms with Crippen LogP contribution in [0.3, 0.4) is 0 Å². The highest BCUT2D eigenvalue weighted by atomic mass is 35.5. The molecule has 0 spiro atoms. The first-order valence-electron chi connectivity index (χ1n) is 5.98. The summed E-state index contributed by atoms with van der Waals surface area (Å²) in [5, 5.41) is 3.48. The molecule has 1 nitrogen and oxygen atoms in total. The van der Waals surface area contributed by atoms with Crippen molar-refractivity contribution in [3.05, 3.63) is 34.6 Å². The van der Waals surface area contributed by atoms with Crippen LogP contribution in [-0.4, -0.2) is 6.54 Å². The summed E-state index contributed by atoms with van der Waals surface area (Å²) in [5.41, 5.74) is 0.826. The summed E-state index contributed by atoms with van der Waals surface area (Å²) in [6.45, 7) is 10.2. The van der Waals surface area contributed by atoms with Crippen LogP contribution in [0.5, 0.6) is 0 Å². The molecule has 0 saturated carbocycles. The van der Waals surface area contributed by atoms with Crippen LogP contribution in [0.4, 0.5) is 4.39 Å². The van der Waals surface area contributed by atoms with Crippen molar-refractivity contribution in [2.75, 3.05) is 6.54 Å². The Morgan fingerprint density at radius 2 is 2.00 bits per heavy atom. The molecule has 1 aromatic rings. The van der Waals surface area contributed by atoms with E-state index >= 15 is 0 Å². The average molecular weight is 258 g/mol. The van der Waals surface area contributed by atoms with E-state index in [1.165, 1.54) is 0 Å². The molecule has 1 rings (SSSR count). The predicted molar refractivity (Wildman–Crippen MR) is 71.7 cm³/mol. The highest BCUT2D eigenvalue weighted by molar-refractivity contribution is 6.30. The number of hydrogen-bond donors (Lipinski definition) is 1. The molecular formula is C14H21ClFN. The van der Waals surface area contributed by atoms with Gasteiger partial charge in [-0.15, -0.1) is 0 Å². The molecule has 17 heavy (non-hydrogen) atoms. The Balaban J connectivity index is 2.55. The van der Waals surface area contributed by atoms with E-state index in [2.05, 4.69) is 33.0 Å². The Morgan fingerprint density at radius 3 is 2.59 bits per heavy atom. The van der Waals surface area contributed by atoms with Crippen LogP contribution < -0.4 is 5.32 Å². The van der Waals surface area contributed by atoms with Crippen LogP contribution in [0.1, 0.15) is 33.3 Å². The minimum Gasteiger partial charge on any atom is -0.312 e. The molecule has 0 saturated heterocycles. The van der Waals surface area contributed by atoms with Crippen molar-refractivity contribution in [2.24, 2.45) is 11.3 Å². The fourth-order valence-corrected chi connectivity index (χ4v) is 1.60. The summed E-state index contributed by atoms with van der Waals surface area (Å²) in [5.74, 6) is 0.267. The van der Waals surface area contributed by atoms with E-state index in [1.807, 2.05) is 0 Å². The zero-order valence-corrected chi connectivity index (χ0v) is 11.7. The van der Waals surface area contributed by atoms with Gasteiger partial charge in [0.15, 0.2) is 0 Å². The average Bonchev–Trinajstić information content (AvgIpc) is 2.24. The van der Waals surface area contributed by atoms with Gasteiger partial charge in [0, 0.05) is 18.7 Å². The number of rotatable bonds is 5. The lowest BCUT2D eigenvalue weighted by molar-refractivity contribution is 0.237. The zero-order valence-electron chi connectivity index (χ0n) is 11.0. The minimum absolute atomic E-state index is 0.187. The van der Waals surface area contributed by atoms with Crippen molar-refractivity contribution in [2.45, 2.75) is 34.2 Å². The standard InChI is InChI=1S/C14H21ClFN/c1-10(2)14(3,4)9-17-8-11-6-5-7-12(15)13(11)16/h5-7,10,17H,8-9H2,1-4H3. The van der Waals surface area contributed by atoms with E-state index in [0.29, 0.717) is 18.0 Å². The van der Waals surface area contributed by atoms with E-state index in [-0.39, 0.29) is 16.3 Å². The monoisotopic (exact) mass is 257 g/mol. The van der Waals surface area contributed by atoms with Gasteiger partial charge in [0.1, 0.15) is 5.82 Å². The lowest BCUT2D eigenvalue weighted by Gasteiger charge is -2.29. The van der Waals surface area contributed by atoms with Gasteiger partial charge in [-0.3, -0.25) is 0 Å². The second kappa shape index (κ2) is 5.83. The van der Waals surface area contributed by atoms with Gasteiger partial charge in [-0.05, 0) is 17.4 Å². The molecule has 0 aliphatic carbocycles. The Labute approximate surface area is 108 Å². The molecule has 0 heterocycles. The summed E-state index contributed by atoms with van der Waals surface area (Å²) in [7, 11) is 0. The quantitative estimate of drug-likeness (QED) is 0.832. The van der Waals surface area contributed by atoms with Gasteiger partial charge in [-0.25, -0.2) is 4.39 Å². The topological polar surface area (TPSA) is 12.0 Å². The zero-order chi connectivity index (χ0) is 13.1. The largest absolute Gasteiger partial charge is 0.312 e. The maximum absolute atomic E-state index is 13.6. The Morgan fingerprint density at radius 1 is 1.35 bits per heavy atom. The first-order chi connectivity index (χ1) is 7.84. The summed E-state index contributed by atoms with van der Waals surface area (Å²) < 4.78 is 13.6. The lowest BCUT2D eigenvalue weighted by Crippen LogP contribution is -2.33. The van der Waals surface area contributed by atoms with Crippen LogP contribution in [0.15, 0.2) is 18.2 Å². The summed E-state index contributed by atoms with van der Waals surface area (Å²) in [6.07, 6.45) is 0. The second-order valence-corrected chi connectivity index (χ2v) is 5.87. The van der Waals surface area contributed by atoms with Crippen LogP contribution in [-0.2, 0) is 6.54 Å². The minimum atomic E-state index is -0.316. The first kappa shape index (κ1) is 14.5. The van der Waals surface area contributed by atoms with Gasteiger partial charge in [-0.1, -0.05) is 51.4 Å². The van der Waals surface area contributed by atoms with Crippen molar-refractivity contribution >= 4 is 11.6 Å². The third-order valence-electron chi connectivity index (χ3n) is 3.49. The van der Waals surface area contributed by atoms with E-state index in [4.69, 9.17) is 11.6 Å². The van der Waals surface area contributed by atoms with Gasteiger partial charge < -0.3 is 5.32 Å². The molecule has 3 heteroatoms. The molecule has 1 aromatic carbocycles. The van der Waals surface area contributed by atoms with Gasteiger partial charge in [0.25, 0.3) is 0 Å². The third-order valence-corrected chi connectivity index (χ3v) is 3.78. The van der Waals surface area contributed by atoms with Gasteiger partial charge >= 0.3 is 0 Å². The van der Waals surface area contributed by atoms with Crippen LogP contribution in [0, 0.1) is 17.2 Å². The van der Waals surface area contributed by atoms with Crippen LogP contribution in [0.25, 0.3) is 0 Å². The molecule has 0 aliphatic rings. The maximum Gasteiger partial charge on any atom is 0.146 e. The molecule has 96 valence electrons. The molecule has 0 bridgehead atoms. The maximum atomic E-state index is 13.6. The number of hydrogen-bond acceptors (Lipinski definition) is 1. The van der Waals surface area contributed by atoms with Gasteiger partial charge in [0.2, 0.25) is 0 Å². The van der Waals surface area contributed by atoms with Gasteiger partial charge in [-0.2, -0.15) is 0 Å². The molecule has 0 fully saturated rings. The van der Waals surface area contributed by atoms with Gasteiger partial charge in [0.05, 0.1) is 5.02 Å². The van der Waals surface area contributed by atoms with E-state index in [1.54, 1.807) is 18.2 Å². The number of halogens is 2. The Hall–Kier alpha value is -0.600. The summed E-state index contributed by atoms with van der Waals surface area (Å²) in [6, 6.07) is 5.10. The smallest absolute Gasteiger partial charge is 0.146 e. The molecule has 0 amide bonds. The van der Waals surface area contributed by atoms with E-state index in [9.17, 15) is 4.39 Å². The molecule has 0 aromatic heterocycles. The molecule has 0 unspecified atom stereocenters. The lowest BCUT2D eigenvalue weighted by atomic mass is 9.81. The highest BCUT2D eigenvalue weighted by Gasteiger charge is 2.21. The molecular weight excluding hydrogens is 237 g/mol. The molecule has 0 radical (unpaired) electrons. The second-order valence-electron chi connectivity index (χ2n) is 5.46. The van der Waals surface area contributed by atoms with E-state index in [0.717, 1.165) is 6.54 Å². The third kappa shape index (κ3) is 3.97.